The number of amides is 1. The first-order valence-corrected chi connectivity index (χ1v) is 10.6. The lowest BCUT2D eigenvalue weighted by Gasteiger charge is -2.50. The van der Waals surface area contributed by atoms with Crippen LogP contribution in [0.4, 0.5) is 0 Å². The van der Waals surface area contributed by atoms with Crippen molar-refractivity contribution in [3.8, 4) is 0 Å². The standard InChI is InChI=1S/C23H28Cl2N2O/c1-4-16-13-14-23(2,27(3)15-16)21(17-9-6-5-7-10-17)26-22(28)18-11-8-12-19(24)20(18)25/h5-12,16,21H,4,13-15H2,1-3H3,(H,26,28)/t16?,21-,23?/m1/s1. The van der Waals surface area contributed by atoms with Crippen molar-refractivity contribution in [2.24, 2.45) is 5.92 Å². The Morgan fingerprint density at radius 3 is 2.57 bits per heavy atom. The number of piperidine rings is 1. The lowest BCUT2D eigenvalue weighted by Crippen LogP contribution is -2.57. The van der Waals surface area contributed by atoms with Crippen LogP contribution in [0.5, 0.6) is 0 Å². The number of likely N-dealkylation sites (tertiary alicyclic amines) is 1. The third-order valence-corrected chi connectivity index (χ3v) is 7.09. The van der Waals surface area contributed by atoms with E-state index >= 15 is 0 Å². The third kappa shape index (κ3) is 4.22. The molecule has 0 aliphatic carbocycles. The Morgan fingerprint density at radius 2 is 1.93 bits per heavy atom. The Bertz CT molecular complexity index is 827. The average molecular weight is 419 g/mol. The topological polar surface area (TPSA) is 32.3 Å². The van der Waals surface area contributed by atoms with Gasteiger partial charge in [-0.15, -0.1) is 0 Å². The first-order chi connectivity index (χ1) is 13.4. The van der Waals surface area contributed by atoms with Crippen molar-refractivity contribution in [2.45, 2.75) is 44.7 Å². The fraction of sp³-hybridized carbons (Fsp3) is 0.435. The molecule has 0 saturated carbocycles. The highest BCUT2D eigenvalue weighted by Crippen LogP contribution is 2.40. The minimum atomic E-state index is -0.200. The fourth-order valence-electron chi connectivity index (χ4n) is 4.20. The number of rotatable bonds is 5. The summed E-state index contributed by atoms with van der Waals surface area (Å²) < 4.78 is 0. The second-order valence-electron chi connectivity index (χ2n) is 7.97. The Kier molecular flexibility index (Phi) is 6.69. The summed E-state index contributed by atoms with van der Waals surface area (Å²) in [6.45, 7) is 5.53. The second-order valence-corrected chi connectivity index (χ2v) is 8.75. The van der Waals surface area contributed by atoms with Crippen LogP contribution >= 0.6 is 23.2 Å². The number of hydrogen-bond acceptors (Lipinski definition) is 2. The zero-order valence-electron chi connectivity index (χ0n) is 16.7. The zero-order chi connectivity index (χ0) is 20.3. The highest BCUT2D eigenvalue weighted by molar-refractivity contribution is 6.43. The molecule has 3 rings (SSSR count). The molecule has 1 heterocycles. The van der Waals surface area contributed by atoms with Crippen LogP contribution in [-0.2, 0) is 0 Å². The number of carbonyl (C=O) groups is 1. The van der Waals surface area contributed by atoms with Crippen molar-refractivity contribution >= 4 is 29.1 Å². The number of nitrogens with one attached hydrogen (secondary N) is 1. The number of likely N-dealkylation sites (N-methyl/N-ethyl adjacent to an activating group) is 1. The maximum absolute atomic E-state index is 13.1. The summed E-state index contributed by atoms with van der Waals surface area (Å²) in [7, 11) is 2.16. The van der Waals surface area contributed by atoms with Gasteiger partial charge in [-0.1, -0.05) is 72.9 Å². The molecule has 1 aliphatic heterocycles. The van der Waals surface area contributed by atoms with Crippen molar-refractivity contribution in [1.29, 1.82) is 0 Å². The predicted molar refractivity (Wildman–Crippen MR) is 117 cm³/mol. The van der Waals surface area contributed by atoms with E-state index in [-0.39, 0.29) is 17.5 Å². The van der Waals surface area contributed by atoms with Gasteiger partial charge in [-0.25, -0.2) is 0 Å². The number of nitrogens with zero attached hydrogens (tertiary/aromatic N) is 1. The molecule has 1 amide bonds. The minimum Gasteiger partial charge on any atom is -0.343 e. The van der Waals surface area contributed by atoms with Gasteiger partial charge in [0.1, 0.15) is 0 Å². The van der Waals surface area contributed by atoms with Crippen LogP contribution in [0.15, 0.2) is 48.5 Å². The molecule has 150 valence electrons. The maximum atomic E-state index is 13.1. The van der Waals surface area contributed by atoms with Gasteiger partial charge in [-0.3, -0.25) is 9.69 Å². The first kappa shape index (κ1) is 21.2. The highest BCUT2D eigenvalue weighted by atomic mass is 35.5. The molecule has 28 heavy (non-hydrogen) atoms. The van der Waals surface area contributed by atoms with E-state index in [0.29, 0.717) is 21.5 Å². The van der Waals surface area contributed by atoms with Gasteiger partial charge in [-0.05, 0) is 50.4 Å². The molecular weight excluding hydrogens is 391 g/mol. The van der Waals surface area contributed by atoms with E-state index in [1.165, 1.54) is 6.42 Å². The maximum Gasteiger partial charge on any atom is 0.253 e. The molecule has 5 heteroatoms. The molecule has 1 saturated heterocycles. The van der Waals surface area contributed by atoms with Crippen molar-refractivity contribution in [3.05, 3.63) is 69.7 Å². The highest BCUT2D eigenvalue weighted by Gasteiger charge is 2.43. The van der Waals surface area contributed by atoms with Gasteiger partial charge in [0.15, 0.2) is 0 Å². The summed E-state index contributed by atoms with van der Waals surface area (Å²) in [5.74, 6) is 0.501. The number of hydrogen-bond donors (Lipinski definition) is 1. The molecule has 2 unspecified atom stereocenters. The molecule has 1 N–H and O–H groups in total. The predicted octanol–water partition coefficient (Wildman–Crippen LogP) is 5.98. The van der Waals surface area contributed by atoms with Gasteiger partial charge in [0.2, 0.25) is 0 Å². The van der Waals surface area contributed by atoms with Crippen molar-refractivity contribution in [1.82, 2.24) is 10.2 Å². The summed E-state index contributed by atoms with van der Waals surface area (Å²) in [6, 6.07) is 15.2. The summed E-state index contributed by atoms with van der Waals surface area (Å²) >= 11 is 12.4. The minimum absolute atomic E-state index is 0.154. The Hall–Kier alpha value is -1.55. The van der Waals surface area contributed by atoms with E-state index in [1.807, 2.05) is 18.2 Å². The number of halogens is 2. The summed E-state index contributed by atoms with van der Waals surface area (Å²) in [5.41, 5.74) is 1.31. The number of carbonyl (C=O) groups excluding carboxylic acids is 1. The molecule has 2 aromatic carbocycles. The van der Waals surface area contributed by atoms with Crippen LogP contribution < -0.4 is 5.32 Å². The molecule has 1 aliphatic rings. The lowest BCUT2D eigenvalue weighted by atomic mass is 9.75. The molecule has 2 aromatic rings. The smallest absolute Gasteiger partial charge is 0.253 e. The van der Waals surface area contributed by atoms with Gasteiger partial charge in [0, 0.05) is 12.1 Å². The molecular formula is C23H28Cl2N2O. The normalized spacial score (nSPS) is 24.0. The Balaban J connectivity index is 1.94. The SMILES string of the molecule is CCC1CCC(C)([C@H](NC(=O)c2cccc(Cl)c2Cl)c2ccccc2)N(C)C1. The average Bonchev–Trinajstić information content (AvgIpc) is 2.70. The summed E-state index contributed by atoms with van der Waals surface area (Å²) in [4.78, 5) is 15.5. The van der Waals surface area contributed by atoms with Crippen LogP contribution in [0.1, 0.15) is 55.1 Å². The van der Waals surface area contributed by atoms with E-state index in [1.54, 1.807) is 18.2 Å². The van der Waals surface area contributed by atoms with E-state index < -0.39 is 0 Å². The molecule has 0 spiro atoms. The summed E-state index contributed by atoms with van der Waals surface area (Å²) in [6.07, 6.45) is 3.36. The van der Waals surface area contributed by atoms with E-state index in [4.69, 9.17) is 23.2 Å². The Morgan fingerprint density at radius 1 is 1.21 bits per heavy atom. The van der Waals surface area contributed by atoms with E-state index in [9.17, 15) is 4.79 Å². The van der Waals surface area contributed by atoms with Crippen LogP contribution in [0, 0.1) is 5.92 Å². The molecule has 0 radical (unpaired) electrons. The van der Waals surface area contributed by atoms with Gasteiger partial charge in [0.05, 0.1) is 21.7 Å². The van der Waals surface area contributed by atoms with Gasteiger partial charge in [-0.2, -0.15) is 0 Å². The number of benzene rings is 2. The fourth-order valence-corrected chi connectivity index (χ4v) is 4.59. The van der Waals surface area contributed by atoms with Crippen LogP contribution in [0.25, 0.3) is 0 Å². The Labute approximate surface area is 178 Å². The van der Waals surface area contributed by atoms with Crippen LogP contribution in [-0.4, -0.2) is 29.9 Å². The lowest BCUT2D eigenvalue weighted by molar-refractivity contribution is 0.0229. The summed E-state index contributed by atoms with van der Waals surface area (Å²) in [5, 5.41) is 3.95. The second kappa shape index (κ2) is 8.86. The van der Waals surface area contributed by atoms with Gasteiger partial charge >= 0.3 is 0 Å². The van der Waals surface area contributed by atoms with Crippen LogP contribution in [0.2, 0.25) is 10.0 Å². The van der Waals surface area contributed by atoms with Crippen molar-refractivity contribution in [2.75, 3.05) is 13.6 Å². The van der Waals surface area contributed by atoms with Crippen molar-refractivity contribution in [3.63, 3.8) is 0 Å². The molecule has 3 atom stereocenters. The molecule has 3 nitrogen and oxygen atoms in total. The van der Waals surface area contributed by atoms with Gasteiger partial charge in [0.25, 0.3) is 5.91 Å². The molecule has 0 bridgehead atoms. The third-order valence-electron chi connectivity index (χ3n) is 6.27. The zero-order valence-corrected chi connectivity index (χ0v) is 18.2. The first-order valence-electron chi connectivity index (χ1n) is 9.88. The van der Waals surface area contributed by atoms with Crippen molar-refractivity contribution < 1.29 is 4.79 Å². The van der Waals surface area contributed by atoms with E-state index in [0.717, 1.165) is 24.9 Å². The molecule has 1 fully saturated rings. The monoisotopic (exact) mass is 418 g/mol. The largest absolute Gasteiger partial charge is 0.343 e. The van der Waals surface area contributed by atoms with Crippen LogP contribution in [0.3, 0.4) is 0 Å². The molecule has 0 aromatic heterocycles. The quantitative estimate of drug-likeness (QED) is 0.647. The van der Waals surface area contributed by atoms with Gasteiger partial charge < -0.3 is 5.32 Å². The van der Waals surface area contributed by atoms with E-state index in [2.05, 4.69) is 43.2 Å².